The minimum atomic E-state index is -0.218. The summed E-state index contributed by atoms with van der Waals surface area (Å²) in [6.07, 6.45) is 5.18. The molecule has 0 aliphatic heterocycles. The highest BCUT2D eigenvalue weighted by Gasteiger charge is 2.06. The molecule has 7 heteroatoms. The first-order valence-electron chi connectivity index (χ1n) is 6.19. The monoisotopic (exact) mass is 275 g/mol. The number of anilines is 2. The fraction of sp³-hybridized carbons (Fsp3) is 0.308. The number of nitrogens with one attached hydrogen (secondary N) is 2. The zero-order valence-corrected chi connectivity index (χ0v) is 11.5. The molecule has 2 rings (SSSR count). The van der Waals surface area contributed by atoms with Crippen molar-refractivity contribution in [2.24, 2.45) is 0 Å². The predicted molar refractivity (Wildman–Crippen MR) is 75.0 cm³/mol. The highest BCUT2D eigenvalue weighted by Crippen LogP contribution is 2.15. The summed E-state index contributed by atoms with van der Waals surface area (Å²) < 4.78 is 6.78. The summed E-state index contributed by atoms with van der Waals surface area (Å²) >= 11 is 0. The molecule has 0 fully saturated rings. The molecule has 106 valence electrons. The van der Waals surface area contributed by atoms with Gasteiger partial charge in [0, 0.05) is 32.2 Å². The topological polar surface area (TPSA) is 81.1 Å². The molecule has 7 nitrogen and oxygen atoms in total. The van der Waals surface area contributed by atoms with Crippen molar-refractivity contribution in [3.8, 4) is 0 Å². The van der Waals surface area contributed by atoms with Gasteiger partial charge in [0.15, 0.2) is 0 Å². The highest BCUT2D eigenvalue weighted by atomic mass is 16.5. The van der Waals surface area contributed by atoms with Crippen LogP contribution in [0.3, 0.4) is 0 Å². The Kier molecular flexibility index (Phi) is 4.67. The zero-order chi connectivity index (χ0) is 14.4. The van der Waals surface area contributed by atoms with Gasteiger partial charge in [0.25, 0.3) is 5.91 Å². The maximum atomic E-state index is 11.5. The van der Waals surface area contributed by atoms with Crippen LogP contribution in [0.1, 0.15) is 10.5 Å². The van der Waals surface area contributed by atoms with Crippen molar-refractivity contribution in [1.82, 2.24) is 20.1 Å². The summed E-state index contributed by atoms with van der Waals surface area (Å²) in [5.41, 5.74) is 1.99. The van der Waals surface area contributed by atoms with Crippen LogP contribution in [0.15, 0.2) is 30.7 Å². The van der Waals surface area contributed by atoms with Crippen LogP contribution < -0.4 is 10.6 Å². The van der Waals surface area contributed by atoms with Crippen molar-refractivity contribution in [3.05, 3.63) is 36.4 Å². The molecule has 0 atom stereocenters. The first-order valence-corrected chi connectivity index (χ1v) is 6.19. The summed E-state index contributed by atoms with van der Waals surface area (Å²) in [6, 6.07) is 3.48. The van der Waals surface area contributed by atoms with Gasteiger partial charge >= 0.3 is 0 Å². The summed E-state index contributed by atoms with van der Waals surface area (Å²) in [7, 11) is 3.23. The molecule has 0 bridgehead atoms. The lowest BCUT2D eigenvalue weighted by Gasteiger charge is -2.05. The number of nitrogens with zero attached hydrogens (tertiary/aromatic N) is 3. The van der Waals surface area contributed by atoms with E-state index in [1.807, 2.05) is 6.20 Å². The Labute approximate surface area is 117 Å². The van der Waals surface area contributed by atoms with E-state index in [0.717, 1.165) is 11.4 Å². The standard InChI is InChI=1S/C13H17N5O2/c1-14-13(19)12-7-10(3-4-15-12)17-11-8-16-18(9-11)5-6-20-2/h3-4,7-9H,5-6H2,1-2H3,(H,14,19)(H,15,17). The summed E-state index contributed by atoms with van der Waals surface area (Å²) in [5, 5.41) is 9.92. The molecular formula is C13H17N5O2. The van der Waals surface area contributed by atoms with E-state index >= 15 is 0 Å². The molecule has 0 saturated heterocycles. The average molecular weight is 275 g/mol. The molecule has 2 aromatic heterocycles. The number of hydrogen-bond donors (Lipinski definition) is 2. The molecule has 1 amide bonds. The fourth-order valence-corrected chi connectivity index (χ4v) is 1.66. The van der Waals surface area contributed by atoms with E-state index in [-0.39, 0.29) is 5.91 Å². The van der Waals surface area contributed by atoms with Crippen molar-refractivity contribution >= 4 is 17.3 Å². The van der Waals surface area contributed by atoms with Crippen LogP contribution in [-0.2, 0) is 11.3 Å². The van der Waals surface area contributed by atoms with E-state index in [0.29, 0.717) is 18.8 Å². The van der Waals surface area contributed by atoms with Gasteiger partial charge in [-0.3, -0.25) is 14.5 Å². The minimum Gasteiger partial charge on any atom is -0.383 e. The van der Waals surface area contributed by atoms with E-state index in [2.05, 4.69) is 20.7 Å². The second-order valence-electron chi connectivity index (χ2n) is 4.12. The number of pyridine rings is 1. The van der Waals surface area contributed by atoms with Gasteiger partial charge in [-0.25, -0.2) is 0 Å². The van der Waals surface area contributed by atoms with Gasteiger partial charge in [0.05, 0.1) is 25.0 Å². The molecule has 0 unspecified atom stereocenters. The molecule has 20 heavy (non-hydrogen) atoms. The summed E-state index contributed by atoms with van der Waals surface area (Å²) in [5.74, 6) is -0.218. The largest absolute Gasteiger partial charge is 0.383 e. The van der Waals surface area contributed by atoms with Gasteiger partial charge in [0.2, 0.25) is 0 Å². The minimum absolute atomic E-state index is 0.218. The second-order valence-corrected chi connectivity index (χ2v) is 4.12. The van der Waals surface area contributed by atoms with Gasteiger partial charge < -0.3 is 15.4 Å². The van der Waals surface area contributed by atoms with E-state index in [1.165, 1.54) is 0 Å². The first kappa shape index (κ1) is 14.0. The number of amides is 1. The number of rotatable bonds is 6. The Hall–Kier alpha value is -2.41. The van der Waals surface area contributed by atoms with Crippen LogP contribution in [-0.4, -0.2) is 41.4 Å². The third-order valence-electron chi connectivity index (χ3n) is 2.67. The molecule has 0 spiro atoms. The van der Waals surface area contributed by atoms with Crippen LogP contribution in [0.5, 0.6) is 0 Å². The molecule has 0 aliphatic carbocycles. The maximum absolute atomic E-state index is 11.5. The number of ether oxygens (including phenoxy) is 1. The Morgan fingerprint density at radius 1 is 1.45 bits per heavy atom. The Morgan fingerprint density at radius 2 is 2.30 bits per heavy atom. The number of aromatic nitrogens is 3. The van der Waals surface area contributed by atoms with Crippen LogP contribution >= 0.6 is 0 Å². The number of hydrogen-bond acceptors (Lipinski definition) is 5. The third-order valence-corrected chi connectivity index (χ3v) is 2.67. The van der Waals surface area contributed by atoms with Gasteiger partial charge in [-0.05, 0) is 12.1 Å². The lowest BCUT2D eigenvalue weighted by atomic mass is 10.3. The molecule has 2 aromatic rings. The Balaban J connectivity index is 2.06. The van der Waals surface area contributed by atoms with E-state index < -0.39 is 0 Å². The van der Waals surface area contributed by atoms with Crippen molar-refractivity contribution in [1.29, 1.82) is 0 Å². The van der Waals surface area contributed by atoms with Gasteiger partial charge in [-0.15, -0.1) is 0 Å². The molecule has 0 aromatic carbocycles. The molecular weight excluding hydrogens is 258 g/mol. The molecule has 2 heterocycles. The van der Waals surface area contributed by atoms with Crippen LogP contribution in [0.25, 0.3) is 0 Å². The molecule has 0 aliphatic rings. The normalized spacial score (nSPS) is 10.3. The third kappa shape index (κ3) is 3.55. The van der Waals surface area contributed by atoms with Crippen LogP contribution in [0.4, 0.5) is 11.4 Å². The molecule has 0 radical (unpaired) electrons. The molecule has 2 N–H and O–H groups in total. The predicted octanol–water partition coefficient (Wildman–Crippen LogP) is 1.03. The van der Waals surface area contributed by atoms with Crippen LogP contribution in [0.2, 0.25) is 0 Å². The van der Waals surface area contributed by atoms with E-state index in [4.69, 9.17) is 4.74 Å². The highest BCUT2D eigenvalue weighted by molar-refractivity contribution is 5.93. The fourth-order valence-electron chi connectivity index (χ4n) is 1.66. The van der Waals surface area contributed by atoms with Crippen LogP contribution in [0, 0.1) is 0 Å². The average Bonchev–Trinajstić information content (AvgIpc) is 2.92. The quantitative estimate of drug-likeness (QED) is 0.823. The van der Waals surface area contributed by atoms with Gasteiger partial charge in [-0.1, -0.05) is 0 Å². The summed E-state index contributed by atoms with van der Waals surface area (Å²) in [4.78, 5) is 15.5. The zero-order valence-electron chi connectivity index (χ0n) is 11.5. The maximum Gasteiger partial charge on any atom is 0.269 e. The van der Waals surface area contributed by atoms with Crippen molar-refractivity contribution in [3.63, 3.8) is 0 Å². The summed E-state index contributed by atoms with van der Waals surface area (Å²) in [6.45, 7) is 1.30. The first-order chi connectivity index (χ1) is 9.72. The van der Waals surface area contributed by atoms with Crippen molar-refractivity contribution < 1.29 is 9.53 Å². The lowest BCUT2D eigenvalue weighted by Crippen LogP contribution is -2.19. The van der Waals surface area contributed by atoms with Crippen molar-refractivity contribution in [2.45, 2.75) is 6.54 Å². The molecule has 0 saturated carbocycles. The lowest BCUT2D eigenvalue weighted by molar-refractivity contribution is 0.0958. The number of methoxy groups -OCH3 is 1. The van der Waals surface area contributed by atoms with E-state index in [1.54, 1.807) is 43.4 Å². The number of carbonyl (C=O) groups excluding carboxylic acids is 1. The number of carbonyl (C=O) groups is 1. The van der Waals surface area contributed by atoms with Gasteiger partial charge in [0.1, 0.15) is 5.69 Å². The second kappa shape index (κ2) is 6.67. The van der Waals surface area contributed by atoms with Gasteiger partial charge in [-0.2, -0.15) is 5.10 Å². The van der Waals surface area contributed by atoms with E-state index in [9.17, 15) is 4.79 Å². The SMILES string of the molecule is CNC(=O)c1cc(Nc2cnn(CCOC)c2)ccn1. The smallest absolute Gasteiger partial charge is 0.269 e. The Morgan fingerprint density at radius 3 is 3.05 bits per heavy atom. The Bertz CT molecular complexity index is 582. The van der Waals surface area contributed by atoms with Crippen molar-refractivity contribution in [2.75, 3.05) is 26.1 Å².